The van der Waals surface area contributed by atoms with Gasteiger partial charge in [-0.25, -0.2) is 0 Å². The highest BCUT2D eigenvalue weighted by molar-refractivity contribution is 5.76. The number of carbonyl (C=O) groups is 1. The molecule has 0 radical (unpaired) electrons. The van der Waals surface area contributed by atoms with E-state index in [1.54, 1.807) is 0 Å². The Bertz CT molecular complexity index is 144. The molecule has 2 atom stereocenters. The summed E-state index contributed by atoms with van der Waals surface area (Å²) in [7, 11) is 0. The minimum Gasteiger partial charge on any atom is -0.466 e. The average Bonchev–Trinajstić information content (AvgIpc) is 2.69. The molecule has 1 aliphatic carbocycles. The molecule has 11 heavy (non-hydrogen) atoms. The summed E-state index contributed by atoms with van der Waals surface area (Å²) in [5.74, 6) is -0.0825. The molecular weight excluding hydrogens is 144 g/mol. The highest BCUT2D eigenvalue weighted by Gasteiger charge is 2.45. The highest BCUT2D eigenvalue weighted by atomic mass is 16.5. The third-order valence-corrected chi connectivity index (χ3v) is 1.70. The molecule has 0 bridgehead atoms. The molecule has 3 nitrogen and oxygen atoms in total. The van der Waals surface area contributed by atoms with Crippen molar-refractivity contribution in [2.75, 3.05) is 13.2 Å². The van der Waals surface area contributed by atoms with Gasteiger partial charge in [0.05, 0.1) is 18.6 Å². The predicted octanol–water partition coefficient (Wildman–Crippen LogP) is 0.975. The molecule has 0 heterocycles. The van der Waals surface area contributed by atoms with Crippen molar-refractivity contribution in [2.24, 2.45) is 5.92 Å². The van der Waals surface area contributed by atoms with Crippen LogP contribution >= 0.6 is 0 Å². The topological polar surface area (TPSA) is 35.5 Å². The van der Waals surface area contributed by atoms with Crippen LogP contribution in [0.3, 0.4) is 0 Å². The van der Waals surface area contributed by atoms with E-state index >= 15 is 0 Å². The molecule has 0 aromatic rings. The van der Waals surface area contributed by atoms with Gasteiger partial charge in [0.25, 0.3) is 0 Å². The summed E-state index contributed by atoms with van der Waals surface area (Å²) in [4.78, 5) is 11.0. The summed E-state index contributed by atoms with van der Waals surface area (Å²) in [6, 6.07) is 0. The lowest BCUT2D eigenvalue weighted by atomic mass is 10.4. The number of esters is 1. The molecule has 0 spiro atoms. The fourth-order valence-corrected chi connectivity index (χ4v) is 1.07. The molecule has 1 saturated carbocycles. The van der Waals surface area contributed by atoms with E-state index in [4.69, 9.17) is 9.47 Å². The summed E-state index contributed by atoms with van der Waals surface area (Å²) in [5, 5.41) is 0. The smallest absolute Gasteiger partial charge is 0.311 e. The van der Waals surface area contributed by atoms with Gasteiger partial charge in [0.15, 0.2) is 0 Å². The van der Waals surface area contributed by atoms with Crippen LogP contribution in [0.1, 0.15) is 20.3 Å². The van der Waals surface area contributed by atoms with Gasteiger partial charge in [0.2, 0.25) is 0 Å². The first-order valence-electron chi connectivity index (χ1n) is 4.07. The van der Waals surface area contributed by atoms with Crippen molar-refractivity contribution in [3.63, 3.8) is 0 Å². The van der Waals surface area contributed by atoms with E-state index in [9.17, 15) is 4.79 Å². The van der Waals surface area contributed by atoms with Crippen molar-refractivity contribution >= 4 is 5.97 Å². The Morgan fingerprint density at radius 2 is 2.18 bits per heavy atom. The van der Waals surface area contributed by atoms with E-state index in [1.165, 1.54) is 0 Å². The molecule has 0 amide bonds. The van der Waals surface area contributed by atoms with Crippen molar-refractivity contribution in [3.05, 3.63) is 0 Å². The zero-order valence-corrected chi connectivity index (χ0v) is 7.00. The molecular formula is C8H14O3. The van der Waals surface area contributed by atoms with E-state index in [0.29, 0.717) is 13.2 Å². The van der Waals surface area contributed by atoms with Crippen molar-refractivity contribution < 1.29 is 14.3 Å². The van der Waals surface area contributed by atoms with E-state index in [-0.39, 0.29) is 18.0 Å². The van der Waals surface area contributed by atoms with Crippen LogP contribution in [0.2, 0.25) is 0 Å². The zero-order chi connectivity index (χ0) is 8.27. The normalized spacial score (nSPS) is 28.2. The van der Waals surface area contributed by atoms with Crippen molar-refractivity contribution in [3.8, 4) is 0 Å². The number of hydrogen-bond donors (Lipinski definition) is 0. The summed E-state index contributed by atoms with van der Waals surface area (Å²) in [6.45, 7) is 4.89. The van der Waals surface area contributed by atoms with Crippen LogP contribution < -0.4 is 0 Å². The second kappa shape index (κ2) is 3.72. The van der Waals surface area contributed by atoms with Crippen LogP contribution in [0.25, 0.3) is 0 Å². The van der Waals surface area contributed by atoms with Crippen LogP contribution in [-0.4, -0.2) is 25.3 Å². The Morgan fingerprint density at radius 3 is 2.73 bits per heavy atom. The summed E-state index contributed by atoms with van der Waals surface area (Å²) in [6.07, 6.45) is 0.978. The molecule has 0 aromatic heterocycles. The largest absolute Gasteiger partial charge is 0.466 e. The van der Waals surface area contributed by atoms with Crippen LogP contribution in [-0.2, 0) is 14.3 Å². The standard InChI is InChI=1S/C8H14O3/c1-3-10-7-5-6(7)8(9)11-4-2/h6-7H,3-5H2,1-2H3/t6-,7-/m0/s1. The number of hydrogen-bond acceptors (Lipinski definition) is 3. The summed E-state index contributed by atoms with van der Waals surface area (Å²) < 4.78 is 10.1. The molecule has 0 aromatic carbocycles. The third kappa shape index (κ3) is 2.19. The minimum atomic E-state index is -0.106. The lowest BCUT2D eigenvalue weighted by Crippen LogP contribution is -2.10. The second-order valence-electron chi connectivity index (χ2n) is 2.59. The van der Waals surface area contributed by atoms with Gasteiger partial charge in [0, 0.05) is 6.61 Å². The average molecular weight is 158 g/mol. The first-order chi connectivity index (χ1) is 5.29. The van der Waals surface area contributed by atoms with Gasteiger partial charge in [-0.1, -0.05) is 0 Å². The minimum absolute atomic E-state index is 0.0231. The Morgan fingerprint density at radius 1 is 1.45 bits per heavy atom. The van der Waals surface area contributed by atoms with Gasteiger partial charge in [-0.3, -0.25) is 4.79 Å². The van der Waals surface area contributed by atoms with Gasteiger partial charge in [-0.05, 0) is 20.3 Å². The SMILES string of the molecule is CCOC(=O)[C@H]1C[C@@H]1OCC. The number of rotatable bonds is 4. The fraction of sp³-hybridized carbons (Fsp3) is 0.875. The molecule has 0 unspecified atom stereocenters. The van der Waals surface area contributed by atoms with Gasteiger partial charge in [0.1, 0.15) is 0 Å². The fourth-order valence-electron chi connectivity index (χ4n) is 1.07. The Kier molecular flexibility index (Phi) is 2.88. The molecule has 64 valence electrons. The molecule has 3 heteroatoms. The molecule has 0 aliphatic heterocycles. The predicted molar refractivity (Wildman–Crippen MR) is 40.2 cm³/mol. The quantitative estimate of drug-likeness (QED) is 0.572. The maximum absolute atomic E-state index is 11.0. The summed E-state index contributed by atoms with van der Waals surface area (Å²) >= 11 is 0. The molecule has 1 aliphatic rings. The van der Waals surface area contributed by atoms with Gasteiger partial charge < -0.3 is 9.47 Å². The highest BCUT2D eigenvalue weighted by Crippen LogP contribution is 2.34. The van der Waals surface area contributed by atoms with Gasteiger partial charge in [-0.2, -0.15) is 0 Å². The van der Waals surface area contributed by atoms with E-state index in [2.05, 4.69) is 0 Å². The monoisotopic (exact) mass is 158 g/mol. The lowest BCUT2D eigenvalue weighted by molar-refractivity contribution is -0.145. The van der Waals surface area contributed by atoms with Gasteiger partial charge in [-0.15, -0.1) is 0 Å². The molecule has 1 rings (SSSR count). The summed E-state index contributed by atoms with van der Waals surface area (Å²) in [5.41, 5.74) is 0. The van der Waals surface area contributed by atoms with E-state index in [1.807, 2.05) is 13.8 Å². The number of carbonyl (C=O) groups excluding carboxylic acids is 1. The Balaban J connectivity index is 2.15. The van der Waals surface area contributed by atoms with Crippen LogP contribution in [0.4, 0.5) is 0 Å². The second-order valence-corrected chi connectivity index (χ2v) is 2.59. The van der Waals surface area contributed by atoms with Crippen molar-refractivity contribution in [1.29, 1.82) is 0 Å². The van der Waals surface area contributed by atoms with Crippen LogP contribution in [0.5, 0.6) is 0 Å². The molecule has 0 N–H and O–H groups in total. The van der Waals surface area contributed by atoms with Gasteiger partial charge >= 0.3 is 5.97 Å². The van der Waals surface area contributed by atoms with E-state index < -0.39 is 0 Å². The Labute approximate surface area is 66.7 Å². The van der Waals surface area contributed by atoms with E-state index in [0.717, 1.165) is 6.42 Å². The molecule has 1 fully saturated rings. The number of ether oxygens (including phenoxy) is 2. The van der Waals surface area contributed by atoms with Crippen LogP contribution in [0.15, 0.2) is 0 Å². The lowest BCUT2D eigenvalue weighted by Gasteiger charge is -1.99. The van der Waals surface area contributed by atoms with Crippen LogP contribution in [0, 0.1) is 5.92 Å². The Hall–Kier alpha value is -0.570. The first-order valence-corrected chi connectivity index (χ1v) is 4.07. The maximum Gasteiger partial charge on any atom is 0.311 e. The van der Waals surface area contributed by atoms with Crippen molar-refractivity contribution in [2.45, 2.75) is 26.4 Å². The first kappa shape index (κ1) is 8.53. The van der Waals surface area contributed by atoms with Crippen molar-refractivity contribution in [1.82, 2.24) is 0 Å². The molecule has 0 saturated heterocycles. The maximum atomic E-state index is 11.0. The zero-order valence-electron chi connectivity index (χ0n) is 7.00. The third-order valence-electron chi connectivity index (χ3n) is 1.70.